The Morgan fingerprint density at radius 1 is 1.24 bits per heavy atom. The molecule has 2 aliphatic rings. The molecule has 0 amide bonds. The molecule has 2 unspecified atom stereocenters. The van der Waals surface area contributed by atoms with E-state index in [1.165, 1.54) is 12.8 Å². The van der Waals surface area contributed by atoms with Crippen molar-refractivity contribution in [3.63, 3.8) is 0 Å². The summed E-state index contributed by atoms with van der Waals surface area (Å²) in [5, 5.41) is 9.99. The van der Waals surface area contributed by atoms with Crippen LogP contribution in [-0.2, 0) is 5.41 Å². The second-order valence-electron chi connectivity index (χ2n) is 7.51. The zero-order valence-corrected chi connectivity index (χ0v) is 13.3. The van der Waals surface area contributed by atoms with Crippen molar-refractivity contribution in [2.75, 3.05) is 7.11 Å². The summed E-state index contributed by atoms with van der Waals surface area (Å²) in [5.41, 5.74) is 1.91. The Hall–Kier alpha value is -1.51. The Morgan fingerprint density at radius 2 is 1.95 bits per heavy atom. The van der Waals surface area contributed by atoms with Crippen LogP contribution < -0.4 is 4.74 Å². The van der Waals surface area contributed by atoms with Gasteiger partial charge in [0.05, 0.1) is 7.11 Å². The highest BCUT2D eigenvalue weighted by Crippen LogP contribution is 2.57. The largest absolute Gasteiger partial charge is 0.504 e. The number of phenolic OH excluding ortho intramolecular Hbond substituents is 1. The smallest absolute Gasteiger partial charge is 0.163 e. The lowest BCUT2D eigenvalue weighted by Crippen LogP contribution is -2.49. The van der Waals surface area contributed by atoms with Gasteiger partial charge in [0.1, 0.15) is 0 Å². The van der Waals surface area contributed by atoms with Crippen LogP contribution in [0.4, 0.5) is 0 Å². The molecule has 1 saturated carbocycles. The van der Waals surface area contributed by atoms with Crippen LogP contribution in [0.2, 0.25) is 0 Å². The molecule has 0 bridgehead atoms. The van der Waals surface area contributed by atoms with Crippen LogP contribution in [0, 0.1) is 11.3 Å². The van der Waals surface area contributed by atoms with Crippen LogP contribution in [0.1, 0.15) is 62.4 Å². The number of fused-ring (bicyclic) bond motifs is 3. The van der Waals surface area contributed by atoms with Crippen LogP contribution >= 0.6 is 0 Å². The van der Waals surface area contributed by atoms with E-state index in [4.69, 9.17) is 4.74 Å². The van der Waals surface area contributed by atoms with E-state index >= 15 is 0 Å². The molecule has 3 nitrogen and oxygen atoms in total. The van der Waals surface area contributed by atoms with Gasteiger partial charge in [-0.25, -0.2) is 0 Å². The van der Waals surface area contributed by atoms with E-state index in [0.29, 0.717) is 23.7 Å². The zero-order chi connectivity index (χ0) is 15.4. The number of phenols is 1. The summed E-state index contributed by atoms with van der Waals surface area (Å²) >= 11 is 0. The molecule has 21 heavy (non-hydrogen) atoms. The van der Waals surface area contributed by atoms with E-state index in [2.05, 4.69) is 20.8 Å². The van der Waals surface area contributed by atoms with Crippen LogP contribution in [-0.4, -0.2) is 18.0 Å². The van der Waals surface area contributed by atoms with E-state index in [1.807, 2.05) is 6.07 Å². The lowest BCUT2D eigenvalue weighted by molar-refractivity contribution is 0.0367. The second-order valence-corrected chi connectivity index (χ2v) is 7.51. The van der Waals surface area contributed by atoms with Gasteiger partial charge < -0.3 is 9.84 Å². The fourth-order valence-corrected chi connectivity index (χ4v) is 4.68. The SMILES string of the molecule is COc1cc2c(cc1O)C(=O)CC1C(C)(C)CCCC21C. The minimum absolute atomic E-state index is 0.00796. The third-order valence-electron chi connectivity index (χ3n) is 5.85. The number of carbonyl (C=O) groups excluding carboxylic acids is 1. The topological polar surface area (TPSA) is 46.5 Å². The van der Waals surface area contributed by atoms with Crippen molar-refractivity contribution < 1.29 is 14.6 Å². The molecule has 3 heteroatoms. The number of ketones is 1. The summed E-state index contributed by atoms with van der Waals surface area (Å²) < 4.78 is 5.26. The fraction of sp³-hybridized carbons (Fsp3) is 0.611. The summed E-state index contributed by atoms with van der Waals surface area (Å²) in [7, 11) is 1.55. The molecule has 3 rings (SSSR count). The summed E-state index contributed by atoms with van der Waals surface area (Å²) in [6, 6.07) is 3.48. The number of hydrogen-bond donors (Lipinski definition) is 1. The number of benzene rings is 1. The number of Topliss-reactive ketones (excluding diaryl/α,β-unsaturated/α-hetero) is 1. The highest BCUT2D eigenvalue weighted by Gasteiger charge is 2.52. The van der Waals surface area contributed by atoms with Gasteiger partial charge in [-0.2, -0.15) is 0 Å². The number of aromatic hydroxyl groups is 1. The van der Waals surface area contributed by atoms with Crippen LogP contribution in [0.3, 0.4) is 0 Å². The second kappa shape index (κ2) is 4.49. The van der Waals surface area contributed by atoms with E-state index in [9.17, 15) is 9.90 Å². The first kappa shape index (κ1) is 14.4. The monoisotopic (exact) mass is 288 g/mol. The quantitative estimate of drug-likeness (QED) is 0.847. The number of methoxy groups -OCH3 is 1. The van der Waals surface area contributed by atoms with Crippen LogP contribution in [0.15, 0.2) is 12.1 Å². The molecule has 0 radical (unpaired) electrons. The van der Waals surface area contributed by atoms with Gasteiger partial charge in [0, 0.05) is 12.0 Å². The van der Waals surface area contributed by atoms with Gasteiger partial charge in [-0.3, -0.25) is 4.79 Å². The summed E-state index contributed by atoms with van der Waals surface area (Å²) in [4.78, 5) is 12.6. The van der Waals surface area contributed by atoms with Crippen molar-refractivity contribution in [3.8, 4) is 11.5 Å². The molecule has 1 aromatic rings. The van der Waals surface area contributed by atoms with Gasteiger partial charge in [0.25, 0.3) is 0 Å². The molecule has 2 aliphatic carbocycles. The summed E-state index contributed by atoms with van der Waals surface area (Å²) in [6.45, 7) is 6.84. The van der Waals surface area contributed by atoms with Crippen molar-refractivity contribution in [2.45, 2.75) is 51.9 Å². The van der Waals surface area contributed by atoms with Gasteiger partial charge in [-0.1, -0.05) is 27.2 Å². The first-order valence-corrected chi connectivity index (χ1v) is 7.74. The number of ether oxygens (including phenoxy) is 1. The fourth-order valence-electron chi connectivity index (χ4n) is 4.68. The standard InChI is InChI=1S/C18H24O3/c1-17(2)6-5-7-18(3)12-9-15(21-4)14(20)8-11(12)13(19)10-16(17)18/h8-9,16,20H,5-7,10H2,1-4H3. The molecule has 1 fully saturated rings. The Labute approximate surface area is 126 Å². The Bertz CT molecular complexity index is 603. The Kier molecular flexibility index (Phi) is 3.09. The molecule has 0 aliphatic heterocycles. The average molecular weight is 288 g/mol. The normalized spacial score (nSPS) is 30.5. The molecular formula is C18H24O3. The molecule has 114 valence electrons. The van der Waals surface area contributed by atoms with Gasteiger partial charge in [0.2, 0.25) is 0 Å². The molecule has 0 saturated heterocycles. The minimum atomic E-state index is -0.00796. The van der Waals surface area contributed by atoms with Crippen molar-refractivity contribution in [3.05, 3.63) is 23.3 Å². The molecular weight excluding hydrogens is 264 g/mol. The number of rotatable bonds is 1. The highest BCUT2D eigenvalue weighted by molar-refractivity contribution is 6.00. The maximum absolute atomic E-state index is 12.6. The third kappa shape index (κ3) is 1.97. The predicted octanol–water partition coefficient (Wildman–Crippen LogP) is 4.07. The maximum atomic E-state index is 12.6. The van der Waals surface area contributed by atoms with Gasteiger partial charge in [0.15, 0.2) is 17.3 Å². The first-order chi connectivity index (χ1) is 9.79. The Balaban J connectivity index is 2.21. The van der Waals surface area contributed by atoms with Gasteiger partial charge in [-0.15, -0.1) is 0 Å². The van der Waals surface area contributed by atoms with E-state index < -0.39 is 0 Å². The van der Waals surface area contributed by atoms with Crippen LogP contribution in [0.25, 0.3) is 0 Å². The number of carbonyl (C=O) groups is 1. The minimum Gasteiger partial charge on any atom is -0.504 e. The van der Waals surface area contributed by atoms with E-state index in [0.717, 1.165) is 12.0 Å². The zero-order valence-electron chi connectivity index (χ0n) is 13.3. The highest BCUT2D eigenvalue weighted by atomic mass is 16.5. The van der Waals surface area contributed by atoms with Crippen LogP contribution in [0.5, 0.6) is 11.5 Å². The molecule has 0 spiro atoms. The lowest BCUT2D eigenvalue weighted by atomic mass is 9.50. The molecule has 1 aromatic carbocycles. The average Bonchev–Trinajstić information content (AvgIpc) is 2.41. The molecule has 2 atom stereocenters. The van der Waals surface area contributed by atoms with Crippen molar-refractivity contribution in [2.24, 2.45) is 11.3 Å². The van der Waals surface area contributed by atoms with E-state index in [1.54, 1.807) is 13.2 Å². The summed E-state index contributed by atoms with van der Waals surface area (Å²) in [6.07, 6.45) is 4.03. The molecule has 1 N–H and O–H groups in total. The van der Waals surface area contributed by atoms with Crippen molar-refractivity contribution >= 4 is 5.78 Å². The maximum Gasteiger partial charge on any atom is 0.163 e. The number of hydrogen-bond acceptors (Lipinski definition) is 3. The molecule has 0 aromatic heterocycles. The van der Waals surface area contributed by atoms with Crippen molar-refractivity contribution in [1.82, 2.24) is 0 Å². The first-order valence-electron chi connectivity index (χ1n) is 7.74. The van der Waals surface area contributed by atoms with E-state index in [-0.39, 0.29) is 22.4 Å². The lowest BCUT2D eigenvalue weighted by Gasteiger charge is -2.53. The predicted molar refractivity (Wildman–Crippen MR) is 82.1 cm³/mol. The van der Waals surface area contributed by atoms with Gasteiger partial charge >= 0.3 is 0 Å². The summed E-state index contributed by atoms with van der Waals surface area (Å²) in [5.74, 6) is 1.03. The third-order valence-corrected chi connectivity index (χ3v) is 5.85. The molecule has 0 heterocycles. The van der Waals surface area contributed by atoms with Gasteiger partial charge in [-0.05, 0) is 47.3 Å². The Morgan fingerprint density at radius 3 is 2.62 bits per heavy atom. The van der Waals surface area contributed by atoms with Crippen molar-refractivity contribution in [1.29, 1.82) is 0 Å².